The van der Waals surface area contributed by atoms with Gasteiger partial charge >= 0.3 is 0 Å². The molecule has 0 amide bonds. The lowest BCUT2D eigenvalue weighted by atomic mass is 10.0. The van der Waals surface area contributed by atoms with Gasteiger partial charge in [0.15, 0.2) is 5.78 Å². The van der Waals surface area contributed by atoms with Crippen LogP contribution in [0.15, 0.2) is 29.0 Å². The average molecular weight is 321 g/mol. The summed E-state index contributed by atoms with van der Waals surface area (Å²) in [6.45, 7) is 3.12. The molecule has 0 radical (unpaired) electrons. The molecule has 0 fully saturated rings. The summed E-state index contributed by atoms with van der Waals surface area (Å²) in [5, 5.41) is 0. The molecule has 0 atom stereocenters. The molecule has 0 saturated heterocycles. The predicted octanol–water partition coefficient (Wildman–Crippen LogP) is 2.97. The number of carbonyl (C=O) groups is 1. The van der Waals surface area contributed by atoms with Crippen LogP contribution in [0.1, 0.15) is 28.2 Å². The van der Waals surface area contributed by atoms with E-state index in [1.165, 1.54) is 0 Å². The zero-order valence-corrected chi connectivity index (χ0v) is 12.1. The summed E-state index contributed by atoms with van der Waals surface area (Å²) in [6, 6.07) is 3.91. The SMILES string of the molecule is Cc1nccn1Cc1cc(Br)c2c(c1)C(=O)CCO2. The van der Waals surface area contributed by atoms with Gasteiger partial charge in [-0.15, -0.1) is 0 Å². The van der Waals surface area contributed by atoms with Crippen LogP contribution in [-0.4, -0.2) is 21.9 Å². The van der Waals surface area contributed by atoms with Gasteiger partial charge in [-0.2, -0.15) is 0 Å². The third-order valence-electron chi connectivity index (χ3n) is 3.26. The zero-order valence-electron chi connectivity index (χ0n) is 10.5. The van der Waals surface area contributed by atoms with E-state index in [1.54, 1.807) is 6.20 Å². The van der Waals surface area contributed by atoms with Gasteiger partial charge in [-0.25, -0.2) is 4.98 Å². The Labute approximate surface area is 119 Å². The summed E-state index contributed by atoms with van der Waals surface area (Å²) in [6.07, 6.45) is 4.16. The normalized spacial score (nSPS) is 14.1. The van der Waals surface area contributed by atoms with E-state index in [0.717, 1.165) is 15.9 Å². The smallest absolute Gasteiger partial charge is 0.170 e. The summed E-state index contributed by atoms with van der Waals surface area (Å²) in [7, 11) is 0. The molecule has 1 aromatic carbocycles. The van der Waals surface area contributed by atoms with Crippen molar-refractivity contribution in [1.82, 2.24) is 9.55 Å². The fourth-order valence-electron chi connectivity index (χ4n) is 2.24. The van der Waals surface area contributed by atoms with E-state index in [4.69, 9.17) is 4.74 Å². The van der Waals surface area contributed by atoms with Gasteiger partial charge in [0.2, 0.25) is 0 Å². The van der Waals surface area contributed by atoms with E-state index in [0.29, 0.717) is 30.9 Å². The Balaban J connectivity index is 2.00. The summed E-state index contributed by atoms with van der Waals surface area (Å²) in [5.41, 5.74) is 1.74. The maximum Gasteiger partial charge on any atom is 0.170 e. The Morgan fingerprint density at radius 3 is 3.05 bits per heavy atom. The first-order chi connectivity index (χ1) is 9.15. The maximum atomic E-state index is 11.9. The molecular weight excluding hydrogens is 308 g/mol. The Morgan fingerprint density at radius 1 is 1.47 bits per heavy atom. The number of aromatic nitrogens is 2. The van der Waals surface area contributed by atoms with Crippen molar-refractivity contribution in [2.75, 3.05) is 6.61 Å². The van der Waals surface area contributed by atoms with Crippen molar-refractivity contribution in [3.63, 3.8) is 0 Å². The Bertz CT molecular complexity index is 649. The summed E-state index contributed by atoms with van der Waals surface area (Å²) in [4.78, 5) is 16.1. The maximum absolute atomic E-state index is 11.9. The number of fused-ring (bicyclic) bond motifs is 1. The number of imidazole rings is 1. The number of aryl methyl sites for hydroxylation is 1. The molecule has 98 valence electrons. The summed E-state index contributed by atoms with van der Waals surface area (Å²) >= 11 is 3.48. The summed E-state index contributed by atoms with van der Waals surface area (Å²) < 4.78 is 8.43. The second-order valence-electron chi connectivity index (χ2n) is 4.58. The highest BCUT2D eigenvalue weighted by Crippen LogP contribution is 2.34. The third kappa shape index (κ3) is 2.30. The predicted molar refractivity (Wildman–Crippen MR) is 74.7 cm³/mol. The second-order valence-corrected chi connectivity index (χ2v) is 5.43. The Hall–Kier alpha value is -1.62. The van der Waals surface area contributed by atoms with Gasteiger partial charge in [-0.3, -0.25) is 4.79 Å². The van der Waals surface area contributed by atoms with Gasteiger partial charge in [0, 0.05) is 25.4 Å². The highest BCUT2D eigenvalue weighted by Gasteiger charge is 2.21. The van der Waals surface area contributed by atoms with Gasteiger partial charge < -0.3 is 9.30 Å². The first kappa shape index (κ1) is 12.4. The van der Waals surface area contributed by atoms with E-state index >= 15 is 0 Å². The molecule has 0 unspecified atom stereocenters. The monoisotopic (exact) mass is 320 g/mol. The molecule has 1 aliphatic heterocycles. The molecule has 0 spiro atoms. The lowest BCUT2D eigenvalue weighted by Gasteiger charge is -2.19. The second kappa shape index (κ2) is 4.81. The fraction of sp³-hybridized carbons (Fsp3) is 0.286. The number of hydrogen-bond acceptors (Lipinski definition) is 3. The molecule has 19 heavy (non-hydrogen) atoms. The zero-order chi connectivity index (χ0) is 13.4. The molecule has 1 aromatic heterocycles. The molecule has 1 aliphatic rings. The number of rotatable bonds is 2. The highest BCUT2D eigenvalue weighted by molar-refractivity contribution is 9.10. The van der Waals surface area contributed by atoms with Gasteiger partial charge in [-0.05, 0) is 40.5 Å². The van der Waals surface area contributed by atoms with Crippen molar-refractivity contribution >= 4 is 21.7 Å². The molecule has 0 N–H and O–H groups in total. The van der Waals surface area contributed by atoms with Crippen molar-refractivity contribution in [3.05, 3.63) is 46.0 Å². The van der Waals surface area contributed by atoms with Crippen LogP contribution in [0.2, 0.25) is 0 Å². The number of ketones is 1. The lowest BCUT2D eigenvalue weighted by molar-refractivity contribution is 0.0932. The topological polar surface area (TPSA) is 44.1 Å². The Kier molecular flexibility index (Phi) is 3.14. The van der Waals surface area contributed by atoms with Crippen LogP contribution in [0.25, 0.3) is 0 Å². The molecule has 4 nitrogen and oxygen atoms in total. The van der Waals surface area contributed by atoms with Crippen molar-refractivity contribution < 1.29 is 9.53 Å². The van der Waals surface area contributed by atoms with Crippen LogP contribution < -0.4 is 4.74 Å². The van der Waals surface area contributed by atoms with Crippen LogP contribution >= 0.6 is 15.9 Å². The third-order valence-corrected chi connectivity index (χ3v) is 3.84. The molecule has 3 rings (SSSR count). The van der Waals surface area contributed by atoms with Crippen molar-refractivity contribution in [3.8, 4) is 5.75 Å². The minimum atomic E-state index is 0.145. The van der Waals surface area contributed by atoms with E-state index in [9.17, 15) is 4.79 Å². The van der Waals surface area contributed by atoms with Gasteiger partial charge in [-0.1, -0.05) is 0 Å². The van der Waals surface area contributed by atoms with E-state index < -0.39 is 0 Å². The van der Waals surface area contributed by atoms with Crippen LogP contribution in [-0.2, 0) is 6.54 Å². The number of Topliss-reactive ketones (excluding diaryl/α,β-unsaturated/α-hetero) is 1. The minimum absolute atomic E-state index is 0.145. The summed E-state index contributed by atoms with van der Waals surface area (Å²) in [5.74, 6) is 1.77. The molecule has 0 aliphatic carbocycles. The molecular formula is C14H13BrN2O2. The van der Waals surface area contributed by atoms with E-state index in [-0.39, 0.29) is 5.78 Å². The van der Waals surface area contributed by atoms with Crippen molar-refractivity contribution in [2.24, 2.45) is 0 Å². The van der Waals surface area contributed by atoms with Crippen molar-refractivity contribution in [2.45, 2.75) is 19.9 Å². The number of carbonyl (C=O) groups excluding carboxylic acids is 1. The molecule has 2 heterocycles. The number of ether oxygens (including phenoxy) is 1. The number of hydrogen-bond donors (Lipinski definition) is 0. The molecule has 0 bridgehead atoms. The van der Waals surface area contributed by atoms with Crippen molar-refractivity contribution in [1.29, 1.82) is 0 Å². The quantitative estimate of drug-likeness (QED) is 0.854. The van der Waals surface area contributed by atoms with E-state index in [1.807, 2.05) is 29.8 Å². The van der Waals surface area contributed by atoms with Gasteiger partial charge in [0.1, 0.15) is 11.6 Å². The van der Waals surface area contributed by atoms with E-state index in [2.05, 4.69) is 20.9 Å². The highest BCUT2D eigenvalue weighted by atomic mass is 79.9. The standard InChI is InChI=1S/C14H13BrN2O2/c1-9-16-3-4-17(9)8-10-6-11-13(18)2-5-19-14(11)12(15)7-10/h3-4,6-7H,2,5,8H2,1H3. The van der Waals surface area contributed by atoms with Crippen LogP contribution in [0.3, 0.4) is 0 Å². The number of halogens is 1. The largest absolute Gasteiger partial charge is 0.491 e. The van der Waals surface area contributed by atoms with Crippen LogP contribution in [0.5, 0.6) is 5.75 Å². The first-order valence-electron chi connectivity index (χ1n) is 6.11. The first-order valence-corrected chi connectivity index (χ1v) is 6.90. The average Bonchev–Trinajstić information content (AvgIpc) is 2.77. The van der Waals surface area contributed by atoms with Gasteiger partial charge in [0.25, 0.3) is 0 Å². The van der Waals surface area contributed by atoms with Gasteiger partial charge in [0.05, 0.1) is 16.6 Å². The molecule has 2 aromatic rings. The molecule has 5 heteroatoms. The number of benzene rings is 1. The minimum Gasteiger partial charge on any atom is -0.491 e. The molecule has 0 saturated carbocycles. The van der Waals surface area contributed by atoms with Crippen LogP contribution in [0, 0.1) is 6.92 Å². The lowest BCUT2D eigenvalue weighted by Crippen LogP contribution is -2.16. The van der Waals surface area contributed by atoms with Crippen LogP contribution in [0.4, 0.5) is 0 Å². The Morgan fingerprint density at radius 2 is 2.32 bits per heavy atom. The number of nitrogens with zero attached hydrogens (tertiary/aromatic N) is 2. The fourth-order valence-corrected chi connectivity index (χ4v) is 2.86.